The van der Waals surface area contributed by atoms with E-state index in [1.54, 1.807) is 32.3 Å². The van der Waals surface area contributed by atoms with Crippen LogP contribution in [0.2, 0.25) is 0 Å². The molecule has 1 unspecified atom stereocenters. The van der Waals surface area contributed by atoms with Crippen molar-refractivity contribution in [3.8, 4) is 0 Å². The highest BCUT2D eigenvalue weighted by Gasteiger charge is 2.36. The minimum Gasteiger partial charge on any atom is -0.313 e. The fraction of sp³-hybridized carbons (Fsp3) is 0.353. The zero-order chi connectivity index (χ0) is 18.9. The third-order valence-electron chi connectivity index (χ3n) is 4.67. The number of hydrogen-bond donors (Lipinski definition) is 1. The van der Waals surface area contributed by atoms with Crippen LogP contribution in [0.4, 0.5) is 5.69 Å². The van der Waals surface area contributed by atoms with E-state index in [1.165, 1.54) is 10.4 Å². The van der Waals surface area contributed by atoms with Crippen LogP contribution in [-0.2, 0) is 10.0 Å². The number of aryl methyl sites for hydroxylation is 1. The fourth-order valence-electron chi connectivity index (χ4n) is 3.14. The third kappa shape index (κ3) is 3.33. The largest absolute Gasteiger partial charge is 0.313 e. The number of rotatable bonds is 4. The van der Waals surface area contributed by atoms with Crippen LogP contribution in [0.1, 0.15) is 22.7 Å². The van der Waals surface area contributed by atoms with E-state index in [1.807, 2.05) is 6.07 Å². The summed E-state index contributed by atoms with van der Waals surface area (Å²) in [5.41, 5.74) is 1.66. The Kier molecular flexibility index (Phi) is 5.03. The number of hydrogen-bond acceptors (Lipinski definition) is 6. The molecule has 1 aromatic heterocycles. The van der Waals surface area contributed by atoms with E-state index in [0.29, 0.717) is 24.2 Å². The number of nitrogens with zero attached hydrogens (tertiary/aromatic N) is 3. The van der Waals surface area contributed by atoms with Crippen LogP contribution < -0.4 is 5.32 Å². The first-order valence-corrected chi connectivity index (χ1v) is 9.64. The van der Waals surface area contributed by atoms with Gasteiger partial charge in [-0.1, -0.05) is 6.07 Å². The molecule has 0 amide bonds. The summed E-state index contributed by atoms with van der Waals surface area (Å²) in [5, 5.41) is 14.4. The molecule has 1 atom stereocenters. The lowest BCUT2D eigenvalue weighted by atomic mass is 10.1. The van der Waals surface area contributed by atoms with Crippen molar-refractivity contribution in [1.82, 2.24) is 14.6 Å². The summed E-state index contributed by atoms with van der Waals surface area (Å²) in [6.07, 6.45) is 3.28. The Morgan fingerprint density at radius 2 is 2.12 bits per heavy atom. The molecule has 0 saturated carbocycles. The summed E-state index contributed by atoms with van der Waals surface area (Å²) < 4.78 is 28.2. The fourth-order valence-corrected chi connectivity index (χ4v) is 5.07. The van der Waals surface area contributed by atoms with Crippen LogP contribution in [-0.4, -0.2) is 42.3 Å². The van der Waals surface area contributed by atoms with Gasteiger partial charge in [-0.25, -0.2) is 8.42 Å². The van der Waals surface area contributed by atoms with Gasteiger partial charge in [-0.15, -0.1) is 0 Å². The molecular formula is C17H20N4O4S. The molecule has 1 aliphatic heterocycles. The Hall–Kier alpha value is -2.36. The Morgan fingerprint density at radius 3 is 2.77 bits per heavy atom. The maximum absolute atomic E-state index is 13.4. The van der Waals surface area contributed by atoms with Crippen LogP contribution in [0.5, 0.6) is 0 Å². The molecule has 1 N–H and O–H groups in total. The molecule has 2 heterocycles. The van der Waals surface area contributed by atoms with E-state index in [4.69, 9.17) is 0 Å². The third-order valence-corrected chi connectivity index (χ3v) is 6.70. The highest BCUT2D eigenvalue weighted by atomic mass is 32.2. The Bertz CT molecular complexity index is 931. The van der Waals surface area contributed by atoms with Crippen molar-refractivity contribution in [3.05, 3.63) is 63.5 Å². The molecule has 1 saturated heterocycles. The molecule has 138 valence electrons. The summed E-state index contributed by atoms with van der Waals surface area (Å²) in [5.74, 6) is 0. The second kappa shape index (κ2) is 7.10. The lowest BCUT2D eigenvalue weighted by Crippen LogP contribution is -2.48. The summed E-state index contributed by atoms with van der Waals surface area (Å²) in [4.78, 5) is 14.7. The first kappa shape index (κ1) is 18.4. The standard InChI is InChI=1S/C17H20N4O4S/c1-12-8-15(21(22)23)9-17(13(12)2)26(24,25)20-7-6-19-11-16(20)14-4-3-5-18-10-14/h3-5,8-10,16,19H,6-7,11H2,1-2H3. The monoisotopic (exact) mass is 376 g/mol. The summed E-state index contributed by atoms with van der Waals surface area (Å²) >= 11 is 0. The van der Waals surface area contributed by atoms with Gasteiger partial charge >= 0.3 is 0 Å². The van der Waals surface area contributed by atoms with Gasteiger partial charge in [-0.2, -0.15) is 4.31 Å². The number of sulfonamides is 1. The number of nitrogens with one attached hydrogen (secondary N) is 1. The summed E-state index contributed by atoms with van der Waals surface area (Å²) in [6, 6.07) is 5.72. The van der Waals surface area contributed by atoms with Gasteiger partial charge in [0.15, 0.2) is 0 Å². The predicted molar refractivity (Wildman–Crippen MR) is 96.3 cm³/mol. The van der Waals surface area contributed by atoms with Crippen LogP contribution in [0.15, 0.2) is 41.6 Å². The van der Waals surface area contributed by atoms with Gasteiger partial charge in [0.05, 0.1) is 15.9 Å². The smallest absolute Gasteiger partial charge is 0.271 e. The highest BCUT2D eigenvalue weighted by molar-refractivity contribution is 7.89. The first-order valence-electron chi connectivity index (χ1n) is 8.20. The average molecular weight is 376 g/mol. The second-order valence-corrected chi connectivity index (χ2v) is 8.12. The lowest BCUT2D eigenvalue weighted by molar-refractivity contribution is -0.385. The van der Waals surface area contributed by atoms with Crippen molar-refractivity contribution in [2.45, 2.75) is 24.8 Å². The first-order chi connectivity index (χ1) is 12.3. The van der Waals surface area contributed by atoms with E-state index in [-0.39, 0.29) is 17.1 Å². The molecule has 9 heteroatoms. The maximum atomic E-state index is 13.4. The van der Waals surface area contributed by atoms with Gasteiger partial charge in [0, 0.05) is 44.2 Å². The highest BCUT2D eigenvalue weighted by Crippen LogP contribution is 2.32. The molecule has 1 aromatic carbocycles. The van der Waals surface area contributed by atoms with Gasteiger partial charge < -0.3 is 5.32 Å². The number of non-ortho nitro benzene ring substituents is 1. The number of aromatic nitrogens is 1. The second-order valence-electron chi connectivity index (χ2n) is 6.26. The molecule has 0 bridgehead atoms. The Labute approximate surface area is 152 Å². The molecule has 26 heavy (non-hydrogen) atoms. The minimum absolute atomic E-state index is 0.0139. The van der Waals surface area contributed by atoms with Crippen LogP contribution >= 0.6 is 0 Å². The van der Waals surface area contributed by atoms with Crippen LogP contribution in [0, 0.1) is 24.0 Å². The Morgan fingerprint density at radius 1 is 1.35 bits per heavy atom. The van der Waals surface area contributed by atoms with Gasteiger partial charge in [-0.3, -0.25) is 15.1 Å². The van der Waals surface area contributed by atoms with E-state index in [9.17, 15) is 18.5 Å². The van der Waals surface area contributed by atoms with E-state index >= 15 is 0 Å². The van der Waals surface area contributed by atoms with Crippen LogP contribution in [0.25, 0.3) is 0 Å². The van der Waals surface area contributed by atoms with Crippen molar-refractivity contribution >= 4 is 15.7 Å². The minimum atomic E-state index is -3.91. The summed E-state index contributed by atoms with van der Waals surface area (Å²) in [6.45, 7) is 4.61. The summed E-state index contributed by atoms with van der Waals surface area (Å²) in [7, 11) is -3.91. The number of benzene rings is 1. The number of pyridine rings is 1. The molecule has 1 aliphatic rings. The molecule has 0 aliphatic carbocycles. The zero-order valence-electron chi connectivity index (χ0n) is 14.5. The quantitative estimate of drug-likeness (QED) is 0.646. The lowest BCUT2D eigenvalue weighted by Gasteiger charge is -2.35. The Balaban J connectivity index is 2.10. The topological polar surface area (TPSA) is 105 Å². The van der Waals surface area contributed by atoms with Crippen molar-refractivity contribution in [3.63, 3.8) is 0 Å². The molecule has 1 fully saturated rings. The van der Waals surface area contributed by atoms with Gasteiger partial charge in [0.25, 0.3) is 5.69 Å². The molecule has 0 spiro atoms. The molecule has 3 rings (SSSR count). The van der Waals surface area contributed by atoms with Gasteiger partial charge in [0.1, 0.15) is 0 Å². The van der Waals surface area contributed by atoms with Gasteiger partial charge in [-0.05, 0) is 36.6 Å². The molecule has 2 aromatic rings. The number of piperazine rings is 1. The van der Waals surface area contributed by atoms with Crippen LogP contribution in [0.3, 0.4) is 0 Å². The molecule has 8 nitrogen and oxygen atoms in total. The van der Waals surface area contributed by atoms with E-state index in [2.05, 4.69) is 10.3 Å². The van der Waals surface area contributed by atoms with Crippen molar-refractivity contribution < 1.29 is 13.3 Å². The van der Waals surface area contributed by atoms with Crippen molar-refractivity contribution in [1.29, 1.82) is 0 Å². The SMILES string of the molecule is Cc1cc([N+](=O)[O-])cc(S(=O)(=O)N2CCNCC2c2cccnc2)c1C. The zero-order valence-corrected chi connectivity index (χ0v) is 15.4. The number of nitro groups is 1. The predicted octanol–water partition coefficient (Wildman–Crippen LogP) is 1.94. The average Bonchev–Trinajstić information content (AvgIpc) is 2.64. The van der Waals surface area contributed by atoms with E-state index < -0.39 is 21.0 Å². The van der Waals surface area contributed by atoms with Crippen molar-refractivity contribution in [2.24, 2.45) is 0 Å². The van der Waals surface area contributed by atoms with Gasteiger partial charge in [0.2, 0.25) is 10.0 Å². The maximum Gasteiger partial charge on any atom is 0.271 e. The molecular weight excluding hydrogens is 356 g/mol. The number of nitro benzene ring substituents is 1. The van der Waals surface area contributed by atoms with E-state index in [0.717, 1.165) is 11.6 Å². The van der Waals surface area contributed by atoms with Crippen molar-refractivity contribution in [2.75, 3.05) is 19.6 Å². The normalized spacial score (nSPS) is 18.6. The molecule has 0 radical (unpaired) electrons.